The number of aromatic nitrogens is 2. The van der Waals surface area contributed by atoms with Gasteiger partial charge < -0.3 is 14.5 Å². The van der Waals surface area contributed by atoms with Crippen LogP contribution in [0.1, 0.15) is 12.5 Å². The zero-order valence-electron chi connectivity index (χ0n) is 14.5. The molecule has 0 bridgehead atoms. The highest BCUT2D eigenvalue weighted by Gasteiger charge is 2.36. The summed E-state index contributed by atoms with van der Waals surface area (Å²) < 4.78 is 6.78. The number of piperazine rings is 1. The minimum Gasteiger partial charge on any atom is -0.383 e. The van der Waals surface area contributed by atoms with Crippen molar-refractivity contribution in [3.05, 3.63) is 48.3 Å². The Morgan fingerprint density at radius 3 is 2.76 bits per heavy atom. The maximum atomic E-state index is 12.6. The van der Waals surface area contributed by atoms with Crippen molar-refractivity contribution in [1.29, 1.82) is 0 Å². The molecule has 0 saturated carbocycles. The number of hydrogen-bond donors (Lipinski definition) is 0. The number of carbonyl (C=O) groups excluding carboxylic acids is 2. The van der Waals surface area contributed by atoms with Crippen molar-refractivity contribution in [2.24, 2.45) is 0 Å². The van der Waals surface area contributed by atoms with Gasteiger partial charge in [0, 0.05) is 32.6 Å². The average Bonchev–Trinajstić information content (AvgIpc) is 3.15. The van der Waals surface area contributed by atoms with Crippen LogP contribution in [0.3, 0.4) is 0 Å². The molecule has 2 amide bonds. The number of para-hydroxylation sites is 1. The first-order valence-electron chi connectivity index (χ1n) is 8.27. The van der Waals surface area contributed by atoms with E-state index in [-0.39, 0.29) is 18.4 Å². The predicted octanol–water partition coefficient (Wildman–Crippen LogP) is 1.08. The Balaban J connectivity index is 1.80. The molecule has 1 saturated heterocycles. The van der Waals surface area contributed by atoms with E-state index in [0.29, 0.717) is 19.7 Å². The maximum Gasteiger partial charge on any atom is 0.245 e. The van der Waals surface area contributed by atoms with Crippen LogP contribution in [0.15, 0.2) is 42.7 Å². The summed E-state index contributed by atoms with van der Waals surface area (Å²) in [7, 11) is 1.58. The number of nitrogens with zero attached hydrogens (tertiary/aromatic N) is 4. The molecule has 132 valence electrons. The lowest BCUT2D eigenvalue weighted by molar-refractivity contribution is -0.156. The molecule has 1 aromatic carbocycles. The summed E-state index contributed by atoms with van der Waals surface area (Å²) >= 11 is 0. The number of hydrogen-bond acceptors (Lipinski definition) is 4. The van der Waals surface area contributed by atoms with E-state index in [1.165, 1.54) is 0 Å². The number of amides is 2. The molecule has 7 nitrogen and oxygen atoms in total. The van der Waals surface area contributed by atoms with Gasteiger partial charge in [-0.25, -0.2) is 4.68 Å². The second-order valence-electron chi connectivity index (χ2n) is 6.03. The van der Waals surface area contributed by atoms with E-state index in [2.05, 4.69) is 5.10 Å². The SMILES string of the molecule is COCCN1CC(=O)N(Cc2ccccc2-n2cccn2)[C@@H](C)C1=O. The highest BCUT2D eigenvalue weighted by atomic mass is 16.5. The normalized spacial score (nSPS) is 18.1. The molecule has 1 fully saturated rings. The maximum absolute atomic E-state index is 12.6. The second-order valence-corrected chi connectivity index (χ2v) is 6.03. The van der Waals surface area contributed by atoms with Gasteiger partial charge >= 0.3 is 0 Å². The third-order valence-electron chi connectivity index (χ3n) is 4.43. The minimum absolute atomic E-state index is 0.0479. The van der Waals surface area contributed by atoms with Crippen molar-refractivity contribution < 1.29 is 14.3 Å². The molecule has 3 rings (SSSR count). The van der Waals surface area contributed by atoms with Gasteiger partial charge in [-0.2, -0.15) is 5.10 Å². The van der Waals surface area contributed by atoms with Crippen LogP contribution in [-0.2, 0) is 20.9 Å². The molecule has 0 radical (unpaired) electrons. The van der Waals surface area contributed by atoms with Gasteiger partial charge in [-0.15, -0.1) is 0 Å². The molecule has 1 aliphatic rings. The highest BCUT2D eigenvalue weighted by Crippen LogP contribution is 2.20. The number of rotatable bonds is 6. The summed E-state index contributed by atoms with van der Waals surface area (Å²) in [5.41, 5.74) is 1.85. The monoisotopic (exact) mass is 342 g/mol. The molecule has 0 unspecified atom stereocenters. The van der Waals surface area contributed by atoms with Crippen molar-refractivity contribution in [3.8, 4) is 5.69 Å². The molecular formula is C18H22N4O3. The van der Waals surface area contributed by atoms with Crippen LogP contribution in [0.25, 0.3) is 5.69 Å². The van der Waals surface area contributed by atoms with E-state index in [4.69, 9.17) is 4.74 Å². The summed E-state index contributed by atoms with van der Waals surface area (Å²) in [4.78, 5) is 28.3. The predicted molar refractivity (Wildman–Crippen MR) is 92.0 cm³/mol. The van der Waals surface area contributed by atoms with Gasteiger partial charge in [0.25, 0.3) is 0 Å². The molecule has 0 N–H and O–H groups in total. The molecular weight excluding hydrogens is 320 g/mol. The van der Waals surface area contributed by atoms with Gasteiger partial charge in [0.1, 0.15) is 6.04 Å². The van der Waals surface area contributed by atoms with Gasteiger partial charge in [-0.1, -0.05) is 18.2 Å². The van der Waals surface area contributed by atoms with Crippen molar-refractivity contribution in [2.45, 2.75) is 19.5 Å². The quantitative estimate of drug-likeness (QED) is 0.788. The number of carbonyl (C=O) groups is 2. The molecule has 25 heavy (non-hydrogen) atoms. The van der Waals surface area contributed by atoms with Crippen molar-refractivity contribution >= 4 is 11.8 Å². The largest absolute Gasteiger partial charge is 0.383 e. The van der Waals surface area contributed by atoms with Crippen molar-refractivity contribution in [2.75, 3.05) is 26.8 Å². The molecule has 1 atom stereocenters. The Labute approximate surface area is 146 Å². The first-order valence-corrected chi connectivity index (χ1v) is 8.27. The first kappa shape index (κ1) is 17.2. The van der Waals surface area contributed by atoms with Crippen LogP contribution in [0, 0.1) is 0 Å². The topological polar surface area (TPSA) is 67.7 Å². The number of methoxy groups -OCH3 is 1. The van der Waals surface area contributed by atoms with Crippen LogP contribution in [0.5, 0.6) is 0 Å². The molecule has 2 heterocycles. The van der Waals surface area contributed by atoms with Crippen LogP contribution < -0.4 is 0 Å². The van der Waals surface area contributed by atoms with Crippen LogP contribution in [0.2, 0.25) is 0 Å². The third-order valence-corrected chi connectivity index (χ3v) is 4.43. The molecule has 0 aliphatic carbocycles. The lowest BCUT2D eigenvalue weighted by Crippen LogP contribution is -2.58. The van der Waals surface area contributed by atoms with E-state index in [1.54, 1.807) is 34.7 Å². The summed E-state index contributed by atoms with van der Waals surface area (Å²) in [5.74, 6) is -0.105. The van der Waals surface area contributed by atoms with E-state index < -0.39 is 6.04 Å². The van der Waals surface area contributed by atoms with Crippen LogP contribution in [-0.4, -0.2) is 64.2 Å². The Morgan fingerprint density at radius 1 is 1.24 bits per heavy atom. The van der Waals surface area contributed by atoms with Gasteiger partial charge in [-0.3, -0.25) is 9.59 Å². The molecule has 1 aromatic heterocycles. The van der Waals surface area contributed by atoms with Crippen LogP contribution in [0.4, 0.5) is 0 Å². The number of ether oxygens (including phenoxy) is 1. The van der Waals surface area contributed by atoms with Gasteiger partial charge in [0.05, 0.1) is 18.8 Å². The molecule has 0 spiro atoms. The van der Waals surface area contributed by atoms with Gasteiger partial charge in [0.15, 0.2) is 0 Å². The molecule has 7 heteroatoms. The van der Waals surface area contributed by atoms with E-state index in [1.807, 2.05) is 36.5 Å². The summed E-state index contributed by atoms with van der Waals surface area (Å²) in [6.07, 6.45) is 3.57. The smallest absolute Gasteiger partial charge is 0.245 e. The molecule has 2 aromatic rings. The second kappa shape index (κ2) is 7.48. The lowest BCUT2D eigenvalue weighted by atomic mass is 10.1. The fraction of sp³-hybridized carbons (Fsp3) is 0.389. The lowest BCUT2D eigenvalue weighted by Gasteiger charge is -2.39. The van der Waals surface area contributed by atoms with E-state index >= 15 is 0 Å². The first-order chi connectivity index (χ1) is 12.1. The zero-order chi connectivity index (χ0) is 17.8. The fourth-order valence-corrected chi connectivity index (χ4v) is 3.02. The van der Waals surface area contributed by atoms with Crippen molar-refractivity contribution in [3.63, 3.8) is 0 Å². The van der Waals surface area contributed by atoms with Crippen LogP contribution >= 0.6 is 0 Å². The summed E-state index contributed by atoms with van der Waals surface area (Å²) in [5, 5.41) is 4.26. The minimum atomic E-state index is -0.496. The Kier molecular flexibility index (Phi) is 5.14. The molecule has 1 aliphatic heterocycles. The highest BCUT2D eigenvalue weighted by molar-refractivity contribution is 5.94. The Bertz CT molecular complexity index is 745. The average molecular weight is 342 g/mol. The zero-order valence-corrected chi connectivity index (χ0v) is 14.5. The number of benzene rings is 1. The van der Waals surface area contributed by atoms with Gasteiger partial charge in [0.2, 0.25) is 11.8 Å². The Hall–Kier alpha value is -2.67. The van der Waals surface area contributed by atoms with E-state index in [0.717, 1.165) is 11.3 Å². The van der Waals surface area contributed by atoms with E-state index in [9.17, 15) is 9.59 Å². The third kappa shape index (κ3) is 3.56. The van der Waals surface area contributed by atoms with Crippen molar-refractivity contribution in [1.82, 2.24) is 19.6 Å². The van der Waals surface area contributed by atoms with Gasteiger partial charge in [-0.05, 0) is 24.6 Å². The summed E-state index contributed by atoms with van der Waals surface area (Å²) in [6.45, 7) is 3.10. The standard InChI is InChI=1S/C18H22N4O3/c1-14-18(24)20(10-11-25-2)13-17(23)21(14)12-15-6-3-4-7-16(15)22-9-5-8-19-22/h3-9,14H,10-13H2,1-2H3/t14-/m0/s1. The Morgan fingerprint density at radius 2 is 2.04 bits per heavy atom. The summed E-state index contributed by atoms with van der Waals surface area (Å²) in [6, 6.07) is 9.12. The fourth-order valence-electron chi connectivity index (χ4n) is 3.02.